The summed E-state index contributed by atoms with van der Waals surface area (Å²) < 4.78 is 9.14. The number of methoxy groups -OCH3 is 1. The molecule has 0 saturated heterocycles. The summed E-state index contributed by atoms with van der Waals surface area (Å²) in [6, 6.07) is 13.5. The molecule has 0 spiro atoms. The van der Waals surface area contributed by atoms with Crippen LogP contribution in [0, 0.1) is 20.8 Å². The van der Waals surface area contributed by atoms with Gasteiger partial charge in [0.2, 0.25) is 0 Å². The van der Waals surface area contributed by atoms with Crippen LogP contribution in [0.4, 0.5) is 0 Å². The third-order valence-electron chi connectivity index (χ3n) is 6.32. The minimum Gasteiger partial charge on any atom is -0.496 e. The van der Waals surface area contributed by atoms with Crippen molar-refractivity contribution in [2.75, 3.05) is 7.11 Å². The highest BCUT2D eigenvalue weighted by atomic mass is 16.5. The first-order valence-corrected chi connectivity index (χ1v) is 11.1. The van der Waals surface area contributed by atoms with Crippen molar-refractivity contribution < 1.29 is 4.74 Å². The summed E-state index contributed by atoms with van der Waals surface area (Å²) >= 11 is 0. The van der Waals surface area contributed by atoms with Gasteiger partial charge in [0.1, 0.15) is 5.75 Å². The molecule has 0 bridgehead atoms. The molecular formula is C27H30N4O2. The molecule has 0 N–H and O–H groups in total. The predicted molar refractivity (Wildman–Crippen MR) is 135 cm³/mol. The zero-order chi connectivity index (χ0) is 23.9. The maximum atomic E-state index is 13.5. The van der Waals surface area contributed by atoms with Gasteiger partial charge >= 0.3 is 0 Å². The molecule has 0 radical (unpaired) electrons. The molecule has 0 atom stereocenters. The lowest BCUT2D eigenvalue weighted by atomic mass is 9.96. The van der Waals surface area contributed by atoms with E-state index < -0.39 is 0 Å². The first-order valence-electron chi connectivity index (χ1n) is 11.1. The molecule has 0 fully saturated rings. The van der Waals surface area contributed by atoms with Crippen LogP contribution >= 0.6 is 0 Å². The van der Waals surface area contributed by atoms with E-state index in [-0.39, 0.29) is 11.5 Å². The molecular weight excluding hydrogens is 412 g/mol. The topological polar surface area (TPSA) is 61.4 Å². The number of hydrogen-bond donors (Lipinski definition) is 0. The van der Waals surface area contributed by atoms with E-state index in [1.165, 1.54) is 4.68 Å². The van der Waals surface area contributed by atoms with E-state index in [1.54, 1.807) is 19.4 Å². The van der Waals surface area contributed by atoms with Gasteiger partial charge in [-0.15, -0.1) is 0 Å². The molecule has 4 aromatic rings. The van der Waals surface area contributed by atoms with Crippen molar-refractivity contribution in [1.29, 1.82) is 0 Å². The Bertz CT molecular complexity index is 1440. The fourth-order valence-electron chi connectivity index (χ4n) is 4.11. The molecule has 33 heavy (non-hydrogen) atoms. The highest BCUT2D eigenvalue weighted by Gasteiger charge is 2.18. The minimum absolute atomic E-state index is 0.196. The SMILES string of the molecule is COc1cc(C)c(-c2nc3ccccc3c(=O)n2N=Cc2cc(C)n(C)c2C)cc1C(C)C. The Morgan fingerprint density at radius 1 is 1.09 bits per heavy atom. The first-order chi connectivity index (χ1) is 15.7. The number of nitrogens with zero attached hydrogens (tertiary/aromatic N) is 4. The van der Waals surface area contributed by atoms with E-state index in [4.69, 9.17) is 9.72 Å². The van der Waals surface area contributed by atoms with Crippen LogP contribution in [0.2, 0.25) is 0 Å². The van der Waals surface area contributed by atoms with Crippen LogP contribution < -0.4 is 10.3 Å². The Morgan fingerprint density at radius 2 is 1.82 bits per heavy atom. The number of aromatic nitrogens is 3. The molecule has 6 nitrogen and oxygen atoms in total. The molecule has 0 aliphatic heterocycles. The molecule has 6 heteroatoms. The zero-order valence-corrected chi connectivity index (χ0v) is 20.3. The van der Waals surface area contributed by atoms with E-state index in [0.29, 0.717) is 16.7 Å². The van der Waals surface area contributed by atoms with Gasteiger partial charge in [0.15, 0.2) is 5.82 Å². The van der Waals surface area contributed by atoms with Crippen LogP contribution in [0.5, 0.6) is 5.75 Å². The number of ether oxygens (including phenoxy) is 1. The first kappa shape index (κ1) is 22.5. The molecule has 170 valence electrons. The monoisotopic (exact) mass is 442 g/mol. The van der Waals surface area contributed by atoms with Crippen LogP contribution in [0.3, 0.4) is 0 Å². The lowest BCUT2D eigenvalue weighted by Gasteiger charge is -2.17. The number of benzene rings is 2. The van der Waals surface area contributed by atoms with Gasteiger partial charge in [0.25, 0.3) is 5.56 Å². The van der Waals surface area contributed by atoms with Gasteiger partial charge in [-0.05, 0) is 68.1 Å². The standard InChI is InChI=1S/C27H30N4O2/c1-16(2)22-14-23(17(3)12-25(22)33-7)26-29-24-11-9-8-10-21(24)27(32)31(26)28-15-20-13-18(4)30(6)19(20)5/h8-16H,1-7H3. The number of fused-ring (bicyclic) bond motifs is 1. The molecule has 0 unspecified atom stereocenters. The molecule has 0 saturated carbocycles. The molecule has 0 aliphatic carbocycles. The largest absolute Gasteiger partial charge is 0.496 e. The summed E-state index contributed by atoms with van der Waals surface area (Å²) in [6.07, 6.45) is 1.74. The van der Waals surface area contributed by atoms with Crippen molar-refractivity contribution in [2.45, 2.75) is 40.5 Å². The molecule has 4 rings (SSSR count). The minimum atomic E-state index is -0.196. The quantitative estimate of drug-likeness (QED) is 0.392. The summed E-state index contributed by atoms with van der Waals surface area (Å²) in [5.74, 6) is 1.60. The second kappa shape index (κ2) is 8.70. The smallest absolute Gasteiger partial charge is 0.282 e. The van der Waals surface area contributed by atoms with E-state index in [0.717, 1.165) is 39.4 Å². The van der Waals surface area contributed by atoms with E-state index in [2.05, 4.69) is 35.6 Å². The van der Waals surface area contributed by atoms with Crippen molar-refractivity contribution in [3.8, 4) is 17.1 Å². The number of rotatable bonds is 5. The van der Waals surface area contributed by atoms with E-state index >= 15 is 0 Å². The van der Waals surface area contributed by atoms with Crippen LogP contribution in [-0.4, -0.2) is 27.6 Å². The van der Waals surface area contributed by atoms with Gasteiger partial charge in [-0.25, -0.2) is 4.98 Å². The fourth-order valence-corrected chi connectivity index (χ4v) is 4.11. The van der Waals surface area contributed by atoms with E-state index in [1.807, 2.05) is 52.1 Å². The Balaban J connectivity index is 2.01. The second-order valence-electron chi connectivity index (χ2n) is 8.76. The maximum absolute atomic E-state index is 13.5. The lowest BCUT2D eigenvalue weighted by molar-refractivity contribution is 0.407. The Hall–Kier alpha value is -3.67. The molecule has 2 aromatic heterocycles. The highest BCUT2D eigenvalue weighted by Crippen LogP contribution is 2.34. The van der Waals surface area contributed by atoms with Gasteiger partial charge < -0.3 is 9.30 Å². The van der Waals surface area contributed by atoms with E-state index in [9.17, 15) is 4.79 Å². The highest BCUT2D eigenvalue weighted by molar-refractivity contribution is 5.83. The van der Waals surface area contributed by atoms with Gasteiger partial charge in [0.05, 0.1) is 24.2 Å². The van der Waals surface area contributed by atoms with Gasteiger partial charge in [-0.2, -0.15) is 9.78 Å². The fraction of sp³-hybridized carbons (Fsp3) is 0.296. The molecule has 0 amide bonds. The van der Waals surface area contributed by atoms with Crippen molar-refractivity contribution in [1.82, 2.24) is 14.2 Å². The van der Waals surface area contributed by atoms with Crippen LogP contribution in [0.1, 0.15) is 47.8 Å². The van der Waals surface area contributed by atoms with Gasteiger partial charge in [-0.3, -0.25) is 4.79 Å². The number of hydrogen-bond acceptors (Lipinski definition) is 4. The van der Waals surface area contributed by atoms with Gasteiger partial charge in [0, 0.05) is 29.6 Å². The Morgan fingerprint density at radius 3 is 2.45 bits per heavy atom. The summed E-state index contributed by atoms with van der Waals surface area (Å²) in [4.78, 5) is 18.4. The molecule has 2 aromatic carbocycles. The van der Waals surface area contributed by atoms with Crippen molar-refractivity contribution in [2.24, 2.45) is 12.1 Å². The maximum Gasteiger partial charge on any atom is 0.282 e. The summed E-state index contributed by atoms with van der Waals surface area (Å²) in [6.45, 7) is 10.3. The Kier molecular flexibility index (Phi) is 5.93. The van der Waals surface area contributed by atoms with Gasteiger partial charge in [-0.1, -0.05) is 26.0 Å². The zero-order valence-electron chi connectivity index (χ0n) is 20.3. The molecule has 2 heterocycles. The third kappa shape index (κ3) is 3.97. The third-order valence-corrected chi connectivity index (χ3v) is 6.32. The Labute approximate surface area is 194 Å². The summed E-state index contributed by atoms with van der Waals surface area (Å²) in [5, 5.41) is 5.18. The summed E-state index contributed by atoms with van der Waals surface area (Å²) in [7, 11) is 3.70. The van der Waals surface area contributed by atoms with Crippen molar-refractivity contribution in [3.63, 3.8) is 0 Å². The lowest BCUT2D eigenvalue weighted by Crippen LogP contribution is -2.21. The van der Waals surface area contributed by atoms with Crippen LogP contribution in [0.15, 0.2) is 52.4 Å². The average Bonchev–Trinajstić information content (AvgIpc) is 3.04. The predicted octanol–water partition coefficient (Wildman–Crippen LogP) is 5.34. The number of para-hydroxylation sites is 1. The number of aryl methyl sites for hydroxylation is 2. The summed E-state index contributed by atoms with van der Waals surface area (Å²) in [5.41, 5.74) is 6.53. The van der Waals surface area contributed by atoms with Crippen LogP contribution in [-0.2, 0) is 7.05 Å². The second-order valence-corrected chi connectivity index (χ2v) is 8.76. The average molecular weight is 443 g/mol. The van der Waals surface area contributed by atoms with Crippen molar-refractivity contribution in [3.05, 3.63) is 80.9 Å². The molecule has 0 aliphatic rings. The van der Waals surface area contributed by atoms with Crippen molar-refractivity contribution >= 4 is 17.1 Å². The van der Waals surface area contributed by atoms with Crippen LogP contribution in [0.25, 0.3) is 22.3 Å². The normalized spacial score (nSPS) is 11.8.